The highest BCUT2D eigenvalue weighted by atomic mass is 16.5. The van der Waals surface area contributed by atoms with Crippen molar-refractivity contribution in [3.63, 3.8) is 0 Å². The van der Waals surface area contributed by atoms with Crippen LogP contribution in [0.25, 0.3) is 10.9 Å². The summed E-state index contributed by atoms with van der Waals surface area (Å²) in [5.41, 5.74) is 0.958. The summed E-state index contributed by atoms with van der Waals surface area (Å²) in [6.45, 7) is 2.11. The van der Waals surface area contributed by atoms with Gasteiger partial charge in [-0.25, -0.2) is 9.97 Å². The molecule has 0 spiro atoms. The Morgan fingerprint density at radius 2 is 2.24 bits per heavy atom. The van der Waals surface area contributed by atoms with Gasteiger partial charge in [0.2, 0.25) is 0 Å². The quantitative estimate of drug-likeness (QED) is 0.871. The summed E-state index contributed by atoms with van der Waals surface area (Å²) >= 11 is 0. The fraction of sp³-hybridized carbons (Fsp3) is 0.385. The highest BCUT2D eigenvalue weighted by Gasteiger charge is 2.05. The molecule has 1 N–H and O–H groups in total. The minimum atomic E-state index is 0.380. The summed E-state index contributed by atoms with van der Waals surface area (Å²) < 4.78 is 5.17. The van der Waals surface area contributed by atoms with Crippen LogP contribution in [-0.2, 0) is 6.42 Å². The van der Waals surface area contributed by atoms with Crippen molar-refractivity contribution in [3.8, 4) is 5.75 Å². The van der Waals surface area contributed by atoms with Crippen molar-refractivity contribution in [2.75, 3.05) is 14.2 Å². The van der Waals surface area contributed by atoms with Gasteiger partial charge in [-0.2, -0.15) is 0 Å². The summed E-state index contributed by atoms with van der Waals surface area (Å²) in [6.07, 6.45) is 2.68. The molecule has 0 fully saturated rings. The Kier molecular flexibility index (Phi) is 3.54. The van der Waals surface area contributed by atoms with Crippen LogP contribution in [0.2, 0.25) is 0 Å². The third kappa shape index (κ3) is 2.71. The number of methoxy groups -OCH3 is 1. The summed E-state index contributed by atoms with van der Waals surface area (Å²) in [6, 6.07) is 6.20. The van der Waals surface area contributed by atoms with Crippen molar-refractivity contribution < 1.29 is 4.74 Å². The molecule has 0 aliphatic carbocycles. The summed E-state index contributed by atoms with van der Waals surface area (Å²) in [5, 5.41) is 4.18. The number of aromatic nitrogens is 2. The Morgan fingerprint density at radius 3 is 2.94 bits per heavy atom. The maximum absolute atomic E-state index is 5.17. The lowest BCUT2D eigenvalue weighted by atomic mass is 10.2. The molecule has 2 rings (SSSR count). The van der Waals surface area contributed by atoms with Crippen LogP contribution < -0.4 is 10.1 Å². The fourth-order valence-corrected chi connectivity index (χ4v) is 1.65. The maximum Gasteiger partial charge on any atom is 0.130 e. The van der Waals surface area contributed by atoms with Crippen LogP contribution in [0.5, 0.6) is 5.75 Å². The number of fused-ring (bicyclic) bond motifs is 1. The Hall–Kier alpha value is -1.68. The number of hydrogen-bond acceptors (Lipinski definition) is 4. The molecule has 0 saturated carbocycles. The zero-order valence-corrected chi connectivity index (χ0v) is 10.4. The molecule has 0 aliphatic rings. The molecule has 1 aromatic heterocycles. The zero-order valence-electron chi connectivity index (χ0n) is 10.4. The molecule has 17 heavy (non-hydrogen) atoms. The molecule has 90 valence electrons. The van der Waals surface area contributed by atoms with Gasteiger partial charge in [0.05, 0.1) is 12.6 Å². The third-order valence-electron chi connectivity index (χ3n) is 2.82. The molecule has 1 unspecified atom stereocenters. The predicted molar refractivity (Wildman–Crippen MR) is 68.3 cm³/mol. The van der Waals surface area contributed by atoms with Gasteiger partial charge in [0.1, 0.15) is 11.6 Å². The monoisotopic (exact) mass is 231 g/mol. The molecule has 1 aromatic carbocycles. The smallest absolute Gasteiger partial charge is 0.130 e. The van der Waals surface area contributed by atoms with Gasteiger partial charge in [0.25, 0.3) is 0 Å². The van der Waals surface area contributed by atoms with Crippen molar-refractivity contribution in [1.29, 1.82) is 0 Å². The van der Waals surface area contributed by atoms with E-state index in [0.717, 1.165) is 28.9 Å². The van der Waals surface area contributed by atoms with Crippen molar-refractivity contribution in [2.24, 2.45) is 0 Å². The van der Waals surface area contributed by atoms with Crippen LogP contribution in [0.4, 0.5) is 0 Å². The first-order valence-corrected chi connectivity index (χ1v) is 5.70. The first-order chi connectivity index (χ1) is 8.22. The molecule has 4 nitrogen and oxygen atoms in total. The number of likely N-dealkylation sites (N-methyl/N-ethyl adjacent to an activating group) is 1. The standard InChI is InChI=1S/C13H17N3O/c1-9(14-2)6-13-15-8-10-7-11(17-3)4-5-12(10)16-13/h4-5,7-9,14H,6H2,1-3H3. The minimum Gasteiger partial charge on any atom is -0.497 e. The highest BCUT2D eigenvalue weighted by Crippen LogP contribution is 2.18. The Balaban J connectivity index is 2.31. The van der Waals surface area contributed by atoms with E-state index >= 15 is 0 Å². The van der Waals surface area contributed by atoms with E-state index in [2.05, 4.69) is 22.2 Å². The molecule has 1 heterocycles. The normalized spacial score (nSPS) is 12.6. The average Bonchev–Trinajstić information content (AvgIpc) is 2.38. The van der Waals surface area contributed by atoms with Gasteiger partial charge in [-0.1, -0.05) is 0 Å². The van der Waals surface area contributed by atoms with Crippen molar-refractivity contribution in [2.45, 2.75) is 19.4 Å². The first kappa shape index (κ1) is 11.8. The Labute approximate surface area is 101 Å². The second-order valence-electron chi connectivity index (χ2n) is 4.10. The average molecular weight is 231 g/mol. The number of ether oxygens (including phenoxy) is 1. The SMILES string of the molecule is CNC(C)Cc1ncc2cc(OC)ccc2n1. The van der Waals surface area contributed by atoms with Gasteiger partial charge < -0.3 is 10.1 Å². The topological polar surface area (TPSA) is 47.0 Å². The molecular formula is C13H17N3O. The fourth-order valence-electron chi connectivity index (χ4n) is 1.65. The van der Waals surface area contributed by atoms with E-state index in [-0.39, 0.29) is 0 Å². The number of nitrogens with one attached hydrogen (secondary N) is 1. The van der Waals surface area contributed by atoms with Crippen molar-refractivity contribution >= 4 is 10.9 Å². The van der Waals surface area contributed by atoms with Gasteiger partial charge in [0, 0.05) is 24.0 Å². The minimum absolute atomic E-state index is 0.380. The second kappa shape index (κ2) is 5.10. The molecule has 0 bridgehead atoms. The molecule has 0 saturated heterocycles. The number of rotatable bonds is 4. The van der Waals surface area contributed by atoms with Crippen molar-refractivity contribution in [3.05, 3.63) is 30.2 Å². The maximum atomic E-state index is 5.17. The first-order valence-electron chi connectivity index (χ1n) is 5.70. The molecule has 0 radical (unpaired) electrons. The third-order valence-corrected chi connectivity index (χ3v) is 2.82. The molecule has 2 aromatic rings. The second-order valence-corrected chi connectivity index (χ2v) is 4.10. The molecule has 0 aliphatic heterocycles. The van der Waals surface area contributed by atoms with Crippen LogP contribution in [0.3, 0.4) is 0 Å². The van der Waals surface area contributed by atoms with E-state index in [1.54, 1.807) is 7.11 Å². The molecule has 0 amide bonds. The zero-order chi connectivity index (χ0) is 12.3. The number of benzene rings is 1. The largest absolute Gasteiger partial charge is 0.497 e. The van der Waals surface area contributed by atoms with Crippen LogP contribution in [-0.4, -0.2) is 30.2 Å². The highest BCUT2D eigenvalue weighted by molar-refractivity contribution is 5.79. The Bertz CT molecular complexity index is 513. The van der Waals surface area contributed by atoms with Crippen LogP contribution in [0.15, 0.2) is 24.4 Å². The van der Waals surface area contributed by atoms with Gasteiger partial charge in [-0.3, -0.25) is 0 Å². The van der Waals surface area contributed by atoms with E-state index in [1.807, 2.05) is 31.4 Å². The van der Waals surface area contributed by atoms with Gasteiger partial charge >= 0.3 is 0 Å². The van der Waals surface area contributed by atoms with Crippen LogP contribution >= 0.6 is 0 Å². The van der Waals surface area contributed by atoms with Crippen LogP contribution in [0, 0.1) is 0 Å². The lowest BCUT2D eigenvalue weighted by Crippen LogP contribution is -2.24. The molecule has 1 atom stereocenters. The van der Waals surface area contributed by atoms with Crippen molar-refractivity contribution in [1.82, 2.24) is 15.3 Å². The summed E-state index contributed by atoms with van der Waals surface area (Å²) in [5.74, 6) is 1.70. The summed E-state index contributed by atoms with van der Waals surface area (Å²) in [4.78, 5) is 8.90. The lowest BCUT2D eigenvalue weighted by Gasteiger charge is -2.09. The van der Waals surface area contributed by atoms with Gasteiger partial charge in [0.15, 0.2) is 0 Å². The molecular weight excluding hydrogens is 214 g/mol. The van der Waals surface area contributed by atoms with E-state index in [9.17, 15) is 0 Å². The van der Waals surface area contributed by atoms with Gasteiger partial charge in [-0.05, 0) is 32.2 Å². The predicted octanol–water partition coefficient (Wildman–Crippen LogP) is 1.79. The lowest BCUT2D eigenvalue weighted by molar-refractivity contribution is 0.415. The Morgan fingerprint density at radius 1 is 1.41 bits per heavy atom. The summed E-state index contributed by atoms with van der Waals surface area (Å²) in [7, 11) is 3.60. The number of nitrogens with zero attached hydrogens (tertiary/aromatic N) is 2. The van der Waals surface area contributed by atoms with Crippen LogP contribution in [0.1, 0.15) is 12.7 Å². The van der Waals surface area contributed by atoms with E-state index in [1.165, 1.54) is 0 Å². The van der Waals surface area contributed by atoms with E-state index in [4.69, 9.17) is 4.74 Å². The molecule has 4 heteroatoms. The van der Waals surface area contributed by atoms with Gasteiger partial charge in [-0.15, -0.1) is 0 Å². The number of hydrogen-bond donors (Lipinski definition) is 1. The van der Waals surface area contributed by atoms with E-state index < -0.39 is 0 Å². The van der Waals surface area contributed by atoms with E-state index in [0.29, 0.717) is 6.04 Å².